The van der Waals surface area contributed by atoms with E-state index in [9.17, 15) is 8.42 Å². The largest absolute Gasteiger partial charge is 0.491 e. The molecule has 1 aliphatic heterocycles. The van der Waals surface area contributed by atoms with E-state index in [-0.39, 0.29) is 22.7 Å². The molecule has 0 atom stereocenters. The standard InChI is InChI=1S/C28H37N7O3S/c1-28(2)8-7-23-22(15-28)27(32-18-31-23)35-11-12-38-24-6-5-19(13-21(24)17-35)20-14-25(26(29)30-16-20)39(36,37)33-9-10-34(3)4/h5-6,13-14,16,18,33H,7-12,15,17H2,1-4H3,(H2,29,30). The number of pyridine rings is 1. The highest BCUT2D eigenvalue weighted by Crippen LogP contribution is 2.39. The summed E-state index contributed by atoms with van der Waals surface area (Å²) in [6.07, 6.45) is 6.30. The number of likely N-dealkylation sites (N-methyl/N-ethyl adjacent to an activating group) is 1. The lowest BCUT2D eigenvalue weighted by Crippen LogP contribution is -2.32. The number of anilines is 2. The zero-order valence-electron chi connectivity index (χ0n) is 23.1. The molecule has 2 aromatic heterocycles. The number of sulfonamides is 1. The first kappa shape index (κ1) is 27.3. The zero-order valence-corrected chi connectivity index (χ0v) is 23.9. The van der Waals surface area contributed by atoms with Gasteiger partial charge in [-0.1, -0.05) is 19.9 Å². The van der Waals surface area contributed by atoms with Gasteiger partial charge < -0.3 is 20.3 Å². The molecule has 0 bridgehead atoms. The van der Waals surface area contributed by atoms with Gasteiger partial charge in [-0.2, -0.15) is 0 Å². The van der Waals surface area contributed by atoms with Gasteiger partial charge in [-0.05, 0) is 62.5 Å². The van der Waals surface area contributed by atoms with Gasteiger partial charge in [0.15, 0.2) is 0 Å². The van der Waals surface area contributed by atoms with Crippen molar-refractivity contribution in [2.45, 2.75) is 44.6 Å². The Balaban J connectivity index is 1.45. The summed E-state index contributed by atoms with van der Waals surface area (Å²) in [4.78, 5) is 17.7. The number of rotatable bonds is 7. The van der Waals surface area contributed by atoms with Crippen molar-refractivity contribution in [1.82, 2.24) is 24.6 Å². The van der Waals surface area contributed by atoms with E-state index in [0.29, 0.717) is 31.8 Å². The maximum Gasteiger partial charge on any atom is 0.244 e. The Morgan fingerprint density at radius 3 is 2.77 bits per heavy atom. The predicted molar refractivity (Wildman–Crippen MR) is 152 cm³/mol. The summed E-state index contributed by atoms with van der Waals surface area (Å²) in [5, 5.41) is 0. The van der Waals surface area contributed by atoms with Crippen molar-refractivity contribution in [1.29, 1.82) is 0 Å². The molecule has 3 aromatic rings. The highest BCUT2D eigenvalue weighted by atomic mass is 32.2. The lowest BCUT2D eigenvalue weighted by atomic mass is 9.76. The Morgan fingerprint density at radius 2 is 1.97 bits per heavy atom. The maximum atomic E-state index is 13.0. The quantitative estimate of drug-likeness (QED) is 0.456. The van der Waals surface area contributed by atoms with Gasteiger partial charge in [0, 0.05) is 48.2 Å². The average Bonchev–Trinajstić information content (AvgIpc) is 3.09. The second-order valence-corrected chi connectivity index (χ2v) is 13.1. The molecule has 39 heavy (non-hydrogen) atoms. The molecule has 0 spiro atoms. The Kier molecular flexibility index (Phi) is 7.49. The topological polar surface area (TPSA) is 127 Å². The van der Waals surface area contributed by atoms with Crippen LogP contribution in [0.4, 0.5) is 11.6 Å². The molecule has 0 amide bonds. The first-order chi connectivity index (χ1) is 18.5. The average molecular weight is 552 g/mol. The summed E-state index contributed by atoms with van der Waals surface area (Å²) in [6, 6.07) is 7.48. The van der Waals surface area contributed by atoms with Crippen LogP contribution in [-0.2, 0) is 29.4 Å². The zero-order chi connectivity index (χ0) is 27.8. The summed E-state index contributed by atoms with van der Waals surface area (Å²) >= 11 is 0. The van der Waals surface area contributed by atoms with Gasteiger partial charge in [-0.25, -0.2) is 28.1 Å². The van der Waals surface area contributed by atoms with E-state index in [1.807, 2.05) is 37.2 Å². The SMILES string of the molecule is CN(C)CCNS(=O)(=O)c1cc(-c2ccc3c(c2)CN(c2ncnc4c2CC(C)(C)CC4)CCO3)cnc1N. The third kappa shape index (κ3) is 6.00. The van der Waals surface area contributed by atoms with E-state index < -0.39 is 10.0 Å². The number of benzene rings is 1. The van der Waals surface area contributed by atoms with Crippen LogP contribution in [0.15, 0.2) is 41.7 Å². The monoisotopic (exact) mass is 551 g/mol. The van der Waals surface area contributed by atoms with E-state index in [0.717, 1.165) is 47.7 Å². The molecule has 2 aliphatic rings. The van der Waals surface area contributed by atoms with Gasteiger partial charge in [0.1, 0.15) is 35.2 Å². The molecular weight excluding hydrogens is 514 g/mol. The molecule has 0 saturated carbocycles. The second-order valence-electron chi connectivity index (χ2n) is 11.4. The third-order valence-corrected chi connectivity index (χ3v) is 8.89. The fourth-order valence-corrected chi connectivity index (χ4v) is 6.32. The number of nitrogens with two attached hydrogens (primary N) is 1. The molecule has 0 saturated heterocycles. The van der Waals surface area contributed by atoms with E-state index in [4.69, 9.17) is 15.5 Å². The van der Waals surface area contributed by atoms with E-state index in [1.165, 1.54) is 5.56 Å². The van der Waals surface area contributed by atoms with Gasteiger partial charge >= 0.3 is 0 Å². The Hall–Kier alpha value is -3.28. The van der Waals surface area contributed by atoms with Crippen molar-refractivity contribution in [2.75, 3.05) is 51.0 Å². The lowest BCUT2D eigenvalue weighted by molar-refractivity contribution is 0.310. The van der Waals surface area contributed by atoms with Gasteiger partial charge in [-0.15, -0.1) is 0 Å². The third-order valence-electron chi connectivity index (χ3n) is 7.40. The Morgan fingerprint density at radius 1 is 1.15 bits per heavy atom. The molecule has 0 radical (unpaired) electrons. The van der Waals surface area contributed by atoms with Crippen molar-refractivity contribution in [2.24, 2.45) is 5.41 Å². The molecule has 1 aromatic carbocycles. The molecule has 3 N–H and O–H groups in total. The van der Waals surface area contributed by atoms with Crippen LogP contribution < -0.4 is 20.1 Å². The van der Waals surface area contributed by atoms with Crippen LogP contribution in [0, 0.1) is 5.41 Å². The van der Waals surface area contributed by atoms with Crippen LogP contribution in [0.3, 0.4) is 0 Å². The number of ether oxygens (including phenoxy) is 1. The number of nitrogens with zero attached hydrogens (tertiary/aromatic N) is 5. The number of nitrogen functional groups attached to an aromatic ring is 1. The van der Waals surface area contributed by atoms with Crippen LogP contribution in [-0.4, -0.2) is 68.6 Å². The van der Waals surface area contributed by atoms with Crippen LogP contribution >= 0.6 is 0 Å². The Labute approximate surface area is 230 Å². The van der Waals surface area contributed by atoms with Crippen molar-refractivity contribution in [3.8, 4) is 16.9 Å². The van der Waals surface area contributed by atoms with Gasteiger partial charge in [0.05, 0.1) is 6.54 Å². The molecular formula is C28H37N7O3S. The van der Waals surface area contributed by atoms with Crippen molar-refractivity contribution in [3.05, 3.63) is 53.6 Å². The first-order valence-corrected chi connectivity index (χ1v) is 14.7. The van der Waals surface area contributed by atoms with Gasteiger partial charge in [-0.3, -0.25) is 0 Å². The van der Waals surface area contributed by atoms with E-state index >= 15 is 0 Å². The number of hydrogen-bond acceptors (Lipinski definition) is 9. The van der Waals surface area contributed by atoms with E-state index in [2.05, 4.69) is 33.4 Å². The van der Waals surface area contributed by atoms with Crippen LogP contribution in [0.5, 0.6) is 5.75 Å². The number of hydrogen-bond donors (Lipinski definition) is 2. The summed E-state index contributed by atoms with van der Waals surface area (Å²) in [5.41, 5.74) is 11.1. The van der Waals surface area contributed by atoms with Crippen LogP contribution in [0.2, 0.25) is 0 Å². The molecule has 5 rings (SSSR count). The van der Waals surface area contributed by atoms with Gasteiger partial charge in [0.2, 0.25) is 10.0 Å². The summed E-state index contributed by atoms with van der Waals surface area (Å²) in [6.45, 7) is 7.30. The fourth-order valence-electron chi connectivity index (χ4n) is 5.20. The maximum absolute atomic E-state index is 13.0. The first-order valence-electron chi connectivity index (χ1n) is 13.3. The van der Waals surface area contributed by atoms with E-state index in [1.54, 1.807) is 18.6 Å². The number of aryl methyl sites for hydroxylation is 1. The van der Waals surface area contributed by atoms with Crippen LogP contribution in [0.25, 0.3) is 11.1 Å². The molecule has 208 valence electrons. The summed E-state index contributed by atoms with van der Waals surface area (Å²) in [7, 11) is -0.0484. The van der Waals surface area contributed by atoms with Crippen molar-refractivity contribution in [3.63, 3.8) is 0 Å². The highest BCUT2D eigenvalue weighted by Gasteiger charge is 2.31. The number of nitrogens with one attached hydrogen (secondary N) is 1. The number of fused-ring (bicyclic) bond motifs is 2. The fraction of sp³-hybridized carbons (Fsp3) is 0.464. The van der Waals surface area contributed by atoms with Crippen molar-refractivity contribution < 1.29 is 13.2 Å². The lowest BCUT2D eigenvalue weighted by Gasteiger charge is -2.33. The molecule has 11 heteroatoms. The minimum atomic E-state index is -3.81. The molecule has 1 aliphatic carbocycles. The minimum absolute atomic E-state index is 0.0261. The predicted octanol–water partition coefficient (Wildman–Crippen LogP) is 2.87. The minimum Gasteiger partial charge on any atom is -0.491 e. The molecule has 3 heterocycles. The molecule has 0 unspecified atom stereocenters. The van der Waals surface area contributed by atoms with Gasteiger partial charge in [0.25, 0.3) is 0 Å². The summed E-state index contributed by atoms with van der Waals surface area (Å²) in [5.74, 6) is 1.75. The summed E-state index contributed by atoms with van der Waals surface area (Å²) < 4.78 is 34.7. The molecule has 0 fully saturated rings. The Bertz CT molecular complexity index is 1470. The van der Waals surface area contributed by atoms with Crippen LogP contribution in [0.1, 0.15) is 37.1 Å². The highest BCUT2D eigenvalue weighted by molar-refractivity contribution is 7.89. The second kappa shape index (κ2) is 10.7. The number of aromatic nitrogens is 3. The smallest absolute Gasteiger partial charge is 0.244 e. The molecule has 10 nitrogen and oxygen atoms in total. The normalized spacial score (nSPS) is 16.8. The van der Waals surface area contributed by atoms with Crippen molar-refractivity contribution >= 4 is 21.7 Å².